The van der Waals surface area contributed by atoms with Gasteiger partial charge in [0.25, 0.3) is 0 Å². The molecular weight excluding hydrogens is 412 g/mol. The van der Waals surface area contributed by atoms with E-state index in [0.29, 0.717) is 10.6 Å². The normalized spacial score (nSPS) is 11.7. The van der Waals surface area contributed by atoms with E-state index in [-0.39, 0.29) is 17.9 Å². The summed E-state index contributed by atoms with van der Waals surface area (Å²) in [6.45, 7) is 6.31. The molecule has 4 aromatic rings. The Morgan fingerprint density at radius 1 is 1.09 bits per heavy atom. The average Bonchev–Trinajstić information content (AvgIpc) is 2.82. The number of hydrogen-bond donors (Lipinski definition) is 0. The topological polar surface area (TPSA) is 66.1 Å². The maximum Gasteiger partial charge on any atom is 0.344 e. The molecule has 2 aromatic carbocycles. The number of benzene rings is 2. The van der Waals surface area contributed by atoms with Gasteiger partial charge < -0.3 is 9.94 Å². The fourth-order valence-electron chi connectivity index (χ4n) is 3.81. The molecule has 0 fully saturated rings. The van der Waals surface area contributed by atoms with Gasteiger partial charge in [-0.25, -0.2) is 4.79 Å². The lowest BCUT2D eigenvalue weighted by Crippen LogP contribution is -2.32. The lowest BCUT2D eigenvalue weighted by atomic mass is 9.93. The van der Waals surface area contributed by atoms with Gasteiger partial charge in [-0.2, -0.15) is 4.73 Å². The number of ether oxygens (including phenoxy) is 1. The summed E-state index contributed by atoms with van der Waals surface area (Å²) in [5.41, 5.74) is 5.42. The van der Waals surface area contributed by atoms with Gasteiger partial charge in [-0.15, -0.1) is 0 Å². The molecule has 0 aliphatic rings. The number of fused-ring (bicyclic) bond motifs is 1. The summed E-state index contributed by atoms with van der Waals surface area (Å²) >= 11 is 0. The van der Waals surface area contributed by atoms with E-state index in [2.05, 4.69) is 37.0 Å². The van der Waals surface area contributed by atoms with Crippen LogP contribution in [0, 0.1) is 5.21 Å². The van der Waals surface area contributed by atoms with Gasteiger partial charge in [0, 0.05) is 29.3 Å². The van der Waals surface area contributed by atoms with Crippen LogP contribution in [0.1, 0.15) is 43.5 Å². The molecule has 0 atom stereocenters. The minimum Gasteiger partial charge on any atom is -0.618 e. The Morgan fingerprint density at radius 2 is 1.94 bits per heavy atom. The largest absolute Gasteiger partial charge is 0.618 e. The van der Waals surface area contributed by atoms with Crippen LogP contribution < -0.4 is 4.73 Å². The zero-order valence-corrected chi connectivity index (χ0v) is 19.0. The molecule has 2 aromatic heterocycles. The Labute approximate surface area is 193 Å². The molecule has 0 amide bonds. The number of aromatic nitrogens is 2. The number of nitrogens with zero attached hydrogens (tertiary/aromatic N) is 2. The highest BCUT2D eigenvalue weighted by atomic mass is 16.5. The molecule has 0 aliphatic heterocycles. The molecule has 5 nitrogen and oxygen atoms in total. The molecule has 0 aliphatic carbocycles. The molecule has 0 bridgehead atoms. The molecule has 0 radical (unpaired) electrons. The third-order valence-electron chi connectivity index (χ3n) is 5.50. The maximum absolute atomic E-state index is 12.7. The first-order valence-electron chi connectivity index (χ1n) is 11.0. The zero-order valence-electron chi connectivity index (χ0n) is 19.0. The first kappa shape index (κ1) is 22.2. The summed E-state index contributed by atoms with van der Waals surface area (Å²) < 4.78 is 5.91. The van der Waals surface area contributed by atoms with Crippen LogP contribution >= 0.6 is 0 Å². The molecule has 0 unspecified atom stereocenters. The van der Waals surface area contributed by atoms with Crippen molar-refractivity contribution in [2.75, 3.05) is 6.61 Å². The van der Waals surface area contributed by atoms with Crippen molar-refractivity contribution in [1.29, 1.82) is 0 Å². The summed E-state index contributed by atoms with van der Waals surface area (Å²) in [5.74, 6) is -0.162. The highest BCUT2D eigenvalue weighted by molar-refractivity contribution is 6.20. The molecule has 0 saturated carbocycles. The van der Waals surface area contributed by atoms with E-state index in [4.69, 9.17) is 4.74 Å². The smallest absolute Gasteiger partial charge is 0.344 e. The van der Waals surface area contributed by atoms with Crippen LogP contribution in [0.5, 0.6) is 0 Å². The Balaban J connectivity index is 1.86. The Morgan fingerprint density at radius 3 is 2.70 bits per heavy atom. The molecule has 5 heteroatoms. The van der Waals surface area contributed by atoms with Crippen LogP contribution in [-0.2, 0) is 9.53 Å². The van der Waals surface area contributed by atoms with Gasteiger partial charge in [-0.05, 0) is 65.9 Å². The quantitative estimate of drug-likeness (QED) is 0.166. The van der Waals surface area contributed by atoms with Crippen molar-refractivity contribution in [2.45, 2.75) is 26.7 Å². The average molecular weight is 439 g/mol. The summed E-state index contributed by atoms with van der Waals surface area (Å²) in [5, 5.41) is 13.4. The van der Waals surface area contributed by atoms with Gasteiger partial charge in [0.2, 0.25) is 5.69 Å². The molecule has 0 N–H and O–H groups in total. The minimum absolute atomic E-state index is 0.212. The number of carbonyl (C=O) groups excluding carboxylic acids is 1. The second kappa shape index (κ2) is 9.65. The van der Waals surface area contributed by atoms with Gasteiger partial charge in [-0.1, -0.05) is 38.1 Å². The first-order valence-corrected chi connectivity index (χ1v) is 11.0. The highest BCUT2D eigenvalue weighted by Gasteiger charge is 2.21. The van der Waals surface area contributed by atoms with Crippen molar-refractivity contribution in [2.24, 2.45) is 0 Å². The van der Waals surface area contributed by atoms with Crippen molar-refractivity contribution in [3.05, 3.63) is 101 Å². The number of esters is 1. The van der Waals surface area contributed by atoms with Crippen LogP contribution in [0.4, 0.5) is 0 Å². The van der Waals surface area contributed by atoms with E-state index in [0.717, 1.165) is 27.6 Å². The summed E-state index contributed by atoms with van der Waals surface area (Å²) in [7, 11) is 0. The van der Waals surface area contributed by atoms with Gasteiger partial charge in [0.15, 0.2) is 6.20 Å². The van der Waals surface area contributed by atoms with Crippen LogP contribution in [-0.4, -0.2) is 17.6 Å². The molecule has 2 heterocycles. The van der Waals surface area contributed by atoms with Gasteiger partial charge >= 0.3 is 5.97 Å². The van der Waals surface area contributed by atoms with Crippen molar-refractivity contribution in [3.63, 3.8) is 0 Å². The summed E-state index contributed by atoms with van der Waals surface area (Å²) in [6.07, 6.45) is 4.87. The van der Waals surface area contributed by atoms with E-state index in [1.54, 1.807) is 37.4 Å². The number of pyridine rings is 2. The summed E-state index contributed by atoms with van der Waals surface area (Å²) in [4.78, 5) is 17.3. The number of rotatable bonds is 6. The zero-order chi connectivity index (χ0) is 23.4. The monoisotopic (exact) mass is 438 g/mol. The van der Waals surface area contributed by atoms with Crippen LogP contribution in [0.2, 0.25) is 0 Å². The highest BCUT2D eigenvalue weighted by Crippen LogP contribution is 2.32. The molecule has 33 heavy (non-hydrogen) atoms. The van der Waals surface area contributed by atoms with Crippen LogP contribution in [0.15, 0.2) is 79.1 Å². The van der Waals surface area contributed by atoms with Crippen LogP contribution in [0.3, 0.4) is 0 Å². The van der Waals surface area contributed by atoms with Crippen LogP contribution in [0.25, 0.3) is 33.7 Å². The first-order chi connectivity index (χ1) is 16.0. The predicted molar refractivity (Wildman–Crippen MR) is 131 cm³/mol. The standard InChI is InChI=1S/C28H26N2O3/c1-4-33-28(31)25(26-12-5-6-14-30(26)32)16-20-9-7-10-21(15-20)24-18-23(19(2)3)17-22-11-8-13-29-27(22)24/h5-19H,4H2,1-3H3. The third kappa shape index (κ3) is 4.77. The fraction of sp³-hybridized carbons (Fsp3) is 0.179. The second-order valence-electron chi connectivity index (χ2n) is 8.11. The lowest BCUT2D eigenvalue weighted by molar-refractivity contribution is -0.607. The van der Waals surface area contributed by atoms with Gasteiger partial charge in [-0.3, -0.25) is 4.98 Å². The van der Waals surface area contributed by atoms with E-state index in [1.807, 2.05) is 30.3 Å². The van der Waals surface area contributed by atoms with E-state index in [9.17, 15) is 10.0 Å². The number of carbonyl (C=O) groups is 1. The van der Waals surface area contributed by atoms with E-state index < -0.39 is 5.97 Å². The maximum atomic E-state index is 12.7. The molecule has 166 valence electrons. The second-order valence-corrected chi connectivity index (χ2v) is 8.11. The van der Waals surface area contributed by atoms with Crippen molar-refractivity contribution >= 4 is 28.5 Å². The van der Waals surface area contributed by atoms with Gasteiger partial charge in [0.05, 0.1) is 12.1 Å². The lowest BCUT2D eigenvalue weighted by Gasteiger charge is -2.13. The Bertz CT molecular complexity index is 1340. The van der Waals surface area contributed by atoms with Crippen molar-refractivity contribution < 1.29 is 14.3 Å². The van der Waals surface area contributed by atoms with Crippen molar-refractivity contribution in [3.8, 4) is 11.1 Å². The van der Waals surface area contributed by atoms with E-state index in [1.165, 1.54) is 11.8 Å². The molecular formula is C28H26N2O3. The Hall–Kier alpha value is -3.99. The minimum atomic E-state index is -0.535. The fourth-order valence-corrected chi connectivity index (χ4v) is 3.81. The van der Waals surface area contributed by atoms with Crippen molar-refractivity contribution in [1.82, 2.24) is 4.98 Å². The molecule has 0 saturated heterocycles. The SMILES string of the molecule is CCOC(=O)C(=Cc1cccc(-c2cc(C(C)C)cc3cccnc23)c1)c1cccc[n+]1[O-]. The molecule has 4 rings (SSSR count). The Kier molecular flexibility index (Phi) is 6.50. The summed E-state index contributed by atoms with van der Waals surface area (Å²) in [6, 6.07) is 21.2. The predicted octanol–water partition coefficient (Wildman–Crippen LogP) is 5.76. The van der Waals surface area contributed by atoms with E-state index >= 15 is 0 Å². The van der Waals surface area contributed by atoms with Gasteiger partial charge in [0.1, 0.15) is 5.57 Å². The molecule has 0 spiro atoms. The number of hydrogen-bond acceptors (Lipinski definition) is 4. The third-order valence-corrected chi connectivity index (χ3v) is 5.50.